The topological polar surface area (TPSA) is 128 Å². The van der Waals surface area contributed by atoms with Crippen LogP contribution in [0.4, 0.5) is 11.4 Å². The lowest BCUT2D eigenvalue weighted by Crippen LogP contribution is -2.41. The molecule has 35 heavy (non-hydrogen) atoms. The van der Waals surface area contributed by atoms with E-state index in [9.17, 15) is 9.59 Å². The third-order valence-corrected chi connectivity index (χ3v) is 5.27. The fourth-order valence-corrected chi connectivity index (χ4v) is 3.55. The Morgan fingerprint density at radius 3 is 2.54 bits per heavy atom. The number of anilines is 2. The highest BCUT2D eigenvalue weighted by molar-refractivity contribution is 6.02. The van der Waals surface area contributed by atoms with E-state index in [2.05, 4.69) is 36.3 Å². The van der Waals surface area contributed by atoms with Crippen molar-refractivity contribution in [2.45, 2.75) is 0 Å². The van der Waals surface area contributed by atoms with E-state index in [1.807, 2.05) is 54.6 Å². The molecule has 0 fully saturated rings. The van der Waals surface area contributed by atoms with Gasteiger partial charge in [0.2, 0.25) is 0 Å². The van der Waals surface area contributed by atoms with Crippen LogP contribution in [0.5, 0.6) is 0 Å². The van der Waals surface area contributed by atoms with Crippen LogP contribution in [0.2, 0.25) is 0 Å². The summed E-state index contributed by atoms with van der Waals surface area (Å²) in [5.41, 5.74) is 9.43. The van der Waals surface area contributed by atoms with Gasteiger partial charge in [-0.15, -0.1) is 0 Å². The first-order chi connectivity index (χ1) is 17.2. The number of rotatable bonds is 6. The van der Waals surface area contributed by atoms with Crippen molar-refractivity contribution in [2.75, 3.05) is 5.32 Å². The number of aromatic amines is 2. The average molecular weight is 464 g/mol. The number of carbonyl (C=O) groups excluding carboxylic acids is 2. The molecule has 0 bridgehead atoms. The van der Waals surface area contributed by atoms with Gasteiger partial charge in [-0.25, -0.2) is 0 Å². The van der Waals surface area contributed by atoms with Gasteiger partial charge in [-0.1, -0.05) is 18.2 Å². The molecule has 0 spiro atoms. The molecule has 0 aliphatic carbocycles. The second kappa shape index (κ2) is 9.75. The van der Waals surface area contributed by atoms with Gasteiger partial charge in [0, 0.05) is 23.5 Å². The van der Waals surface area contributed by atoms with E-state index >= 15 is 0 Å². The molecule has 2 amide bonds. The quantitative estimate of drug-likeness (QED) is 0.240. The molecule has 0 atom stereocenters. The van der Waals surface area contributed by atoms with Gasteiger partial charge in [0.1, 0.15) is 5.69 Å². The monoisotopic (exact) mass is 463 g/mol. The SMILES string of the molecule is O=C(NNC(=O)c1ccccc1Nc1ccc2c(/C=C/c3ccccn3)n[nH]c2c1)c1ccc[nH]1. The van der Waals surface area contributed by atoms with Gasteiger partial charge >= 0.3 is 0 Å². The molecular weight excluding hydrogens is 442 g/mol. The highest BCUT2D eigenvalue weighted by Gasteiger charge is 2.14. The maximum absolute atomic E-state index is 12.7. The number of benzene rings is 2. The Balaban J connectivity index is 1.31. The Labute approximate surface area is 200 Å². The highest BCUT2D eigenvalue weighted by Crippen LogP contribution is 2.26. The molecule has 0 aliphatic heterocycles. The number of aromatic nitrogens is 4. The number of amides is 2. The molecule has 2 aromatic carbocycles. The third-order valence-electron chi connectivity index (χ3n) is 5.27. The zero-order chi connectivity index (χ0) is 24.0. The van der Waals surface area contributed by atoms with Crippen molar-refractivity contribution in [1.82, 2.24) is 31.0 Å². The first-order valence-electron chi connectivity index (χ1n) is 10.8. The summed E-state index contributed by atoms with van der Waals surface area (Å²) in [4.78, 5) is 31.9. The number of nitrogens with one attached hydrogen (secondary N) is 5. The molecule has 3 aromatic heterocycles. The Morgan fingerprint density at radius 2 is 1.71 bits per heavy atom. The van der Waals surface area contributed by atoms with Crippen molar-refractivity contribution in [2.24, 2.45) is 0 Å². The Kier molecular flexibility index (Phi) is 6.03. The standard InChI is InChI=1S/C26H21N7O2/c34-25(32-33-26(35)23-9-5-15-28-23)20-7-1-2-8-21(20)29-18-10-12-19-22(30-31-24(19)16-18)13-11-17-6-3-4-14-27-17/h1-16,28-29H,(H,30,31)(H,32,34)(H,33,35)/b13-11+. The van der Waals surface area contributed by atoms with Gasteiger partial charge in [-0.3, -0.25) is 30.5 Å². The van der Waals surface area contributed by atoms with Crippen LogP contribution in [0.15, 0.2) is 85.2 Å². The van der Waals surface area contributed by atoms with Crippen LogP contribution >= 0.6 is 0 Å². The Morgan fingerprint density at radius 1 is 0.857 bits per heavy atom. The van der Waals surface area contributed by atoms with E-state index in [0.717, 1.165) is 28.0 Å². The van der Waals surface area contributed by atoms with Crippen molar-refractivity contribution in [3.05, 3.63) is 108 Å². The van der Waals surface area contributed by atoms with E-state index < -0.39 is 11.8 Å². The van der Waals surface area contributed by atoms with Gasteiger partial charge in [-0.05, 0) is 66.7 Å². The number of para-hydroxylation sites is 1. The number of hydrogen-bond acceptors (Lipinski definition) is 5. The van der Waals surface area contributed by atoms with E-state index in [1.165, 1.54) is 0 Å². The van der Waals surface area contributed by atoms with E-state index in [4.69, 9.17) is 0 Å². The van der Waals surface area contributed by atoms with Crippen LogP contribution in [0.1, 0.15) is 32.2 Å². The zero-order valence-electron chi connectivity index (χ0n) is 18.4. The largest absolute Gasteiger partial charge is 0.357 e. The zero-order valence-corrected chi connectivity index (χ0v) is 18.4. The molecule has 5 rings (SSSR count). The molecule has 3 heterocycles. The first-order valence-corrected chi connectivity index (χ1v) is 10.8. The average Bonchev–Trinajstić information content (AvgIpc) is 3.57. The molecule has 0 saturated heterocycles. The number of pyridine rings is 1. The van der Waals surface area contributed by atoms with Gasteiger partial charge in [0.25, 0.3) is 11.8 Å². The lowest BCUT2D eigenvalue weighted by atomic mass is 10.1. The van der Waals surface area contributed by atoms with Gasteiger partial charge in [0.15, 0.2) is 0 Å². The lowest BCUT2D eigenvalue weighted by Gasteiger charge is -2.13. The van der Waals surface area contributed by atoms with Crippen LogP contribution in [-0.4, -0.2) is 32.0 Å². The number of carbonyl (C=O) groups is 2. The highest BCUT2D eigenvalue weighted by atomic mass is 16.2. The Hall–Kier alpha value is -5.18. The minimum atomic E-state index is -0.447. The molecule has 5 N–H and O–H groups in total. The molecule has 9 nitrogen and oxygen atoms in total. The normalized spacial score (nSPS) is 11.0. The third kappa shape index (κ3) is 4.93. The van der Waals surface area contributed by atoms with Crippen LogP contribution in [0.25, 0.3) is 23.1 Å². The minimum absolute atomic E-state index is 0.346. The summed E-state index contributed by atoms with van der Waals surface area (Å²) in [7, 11) is 0. The predicted molar refractivity (Wildman–Crippen MR) is 135 cm³/mol. The van der Waals surface area contributed by atoms with Crippen LogP contribution in [0, 0.1) is 0 Å². The minimum Gasteiger partial charge on any atom is -0.357 e. The number of hydrazine groups is 1. The predicted octanol–water partition coefficient (Wildman–Crippen LogP) is 4.27. The van der Waals surface area contributed by atoms with Crippen LogP contribution < -0.4 is 16.2 Å². The molecular formula is C26H21N7O2. The van der Waals surface area contributed by atoms with E-state index in [0.29, 0.717) is 16.9 Å². The van der Waals surface area contributed by atoms with Crippen molar-refractivity contribution in [1.29, 1.82) is 0 Å². The van der Waals surface area contributed by atoms with Gasteiger partial charge in [-0.2, -0.15) is 5.10 Å². The van der Waals surface area contributed by atoms with Crippen molar-refractivity contribution in [3.63, 3.8) is 0 Å². The summed E-state index contributed by atoms with van der Waals surface area (Å²) in [6.45, 7) is 0. The van der Waals surface area contributed by atoms with Crippen molar-refractivity contribution in [3.8, 4) is 0 Å². The van der Waals surface area contributed by atoms with Gasteiger partial charge in [0.05, 0.1) is 28.2 Å². The van der Waals surface area contributed by atoms with E-state index in [1.54, 1.807) is 42.7 Å². The summed E-state index contributed by atoms with van der Waals surface area (Å²) in [5.74, 6) is -0.885. The molecule has 5 aromatic rings. The summed E-state index contributed by atoms with van der Waals surface area (Å²) >= 11 is 0. The van der Waals surface area contributed by atoms with Gasteiger partial charge < -0.3 is 10.3 Å². The number of nitrogens with zero attached hydrogens (tertiary/aromatic N) is 2. The number of hydrogen-bond donors (Lipinski definition) is 5. The first kappa shape index (κ1) is 21.7. The van der Waals surface area contributed by atoms with Crippen LogP contribution in [-0.2, 0) is 0 Å². The van der Waals surface area contributed by atoms with E-state index in [-0.39, 0.29) is 0 Å². The molecule has 0 aliphatic rings. The molecule has 9 heteroatoms. The maximum Gasteiger partial charge on any atom is 0.286 e. The van der Waals surface area contributed by atoms with Crippen molar-refractivity contribution < 1.29 is 9.59 Å². The van der Waals surface area contributed by atoms with Crippen LogP contribution in [0.3, 0.4) is 0 Å². The number of fused-ring (bicyclic) bond motifs is 1. The fraction of sp³-hybridized carbons (Fsp3) is 0. The smallest absolute Gasteiger partial charge is 0.286 e. The maximum atomic E-state index is 12.7. The number of H-pyrrole nitrogens is 2. The molecule has 172 valence electrons. The summed E-state index contributed by atoms with van der Waals surface area (Å²) in [5, 5.41) is 11.7. The molecule has 0 saturated carbocycles. The summed E-state index contributed by atoms with van der Waals surface area (Å²) in [6.07, 6.45) is 7.20. The molecule has 0 unspecified atom stereocenters. The molecule has 0 radical (unpaired) electrons. The fourth-order valence-electron chi connectivity index (χ4n) is 3.55. The summed E-state index contributed by atoms with van der Waals surface area (Å²) < 4.78 is 0. The second-order valence-corrected chi connectivity index (χ2v) is 7.62. The summed E-state index contributed by atoms with van der Waals surface area (Å²) in [6, 6.07) is 21.9. The Bertz CT molecular complexity index is 1510. The lowest BCUT2D eigenvalue weighted by molar-refractivity contribution is 0.0844. The van der Waals surface area contributed by atoms with Crippen molar-refractivity contribution >= 4 is 46.2 Å². The second-order valence-electron chi connectivity index (χ2n) is 7.62.